The SMILES string of the molecule is C[C@@H](O)[C@H](NC(=O)OC(C)(C)C)C(=O)Nc1ccccc1. The van der Waals surface area contributed by atoms with Gasteiger partial charge in [-0.25, -0.2) is 4.79 Å². The van der Waals surface area contributed by atoms with Crippen LogP contribution in [0.2, 0.25) is 0 Å². The lowest BCUT2D eigenvalue weighted by molar-refractivity contribution is -0.120. The van der Waals surface area contributed by atoms with Crippen molar-refractivity contribution in [3.8, 4) is 0 Å². The first-order valence-electron chi connectivity index (χ1n) is 6.72. The van der Waals surface area contributed by atoms with Crippen molar-refractivity contribution in [3.63, 3.8) is 0 Å². The molecule has 0 aliphatic heterocycles. The van der Waals surface area contributed by atoms with Gasteiger partial charge < -0.3 is 20.5 Å². The van der Waals surface area contributed by atoms with E-state index in [0.717, 1.165) is 0 Å². The molecule has 6 nitrogen and oxygen atoms in total. The quantitative estimate of drug-likeness (QED) is 0.791. The molecular weight excluding hydrogens is 272 g/mol. The maximum absolute atomic E-state index is 12.1. The largest absolute Gasteiger partial charge is 0.444 e. The van der Waals surface area contributed by atoms with Crippen LogP contribution in [0.5, 0.6) is 0 Å². The van der Waals surface area contributed by atoms with Crippen molar-refractivity contribution in [2.24, 2.45) is 0 Å². The third kappa shape index (κ3) is 6.27. The highest BCUT2D eigenvalue weighted by Crippen LogP contribution is 2.09. The second-order valence-electron chi connectivity index (χ2n) is 5.72. The second kappa shape index (κ2) is 7.08. The second-order valence-corrected chi connectivity index (χ2v) is 5.72. The van der Waals surface area contributed by atoms with Crippen LogP contribution in [0, 0.1) is 0 Å². The summed E-state index contributed by atoms with van der Waals surface area (Å²) in [5.74, 6) is -0.512. The van der Waals surface area contributed by atoms with E-state index in [9.17, 15) is 14.7 Å². The number of hydrogen-bond acceptors (Lipinski definition) is 4. The summed E-state index contributed by atoms with van der Waals surface area (Å²) in [6.07, 6.45) is -1.81. The Morgan fingerprint density at radius 2 is 1.76 bits per heavy atom. The minimum Gasteiger partial charge on any atom is -0.444 e. The molecular formula is C15H22N2O4. The fourth-order valence-electron chi connectivity index (χ4n) is 1.58. The van der Waals surface area contributed by atoms with Crippen molar-refractivity contribution in [1.82, 2.24) is 5.32 Å². The molecule has 0 aliphatic rings. The maximum atomic E-state index is 12.1. The number of para-hydroxylation sites is 1. The topological polar surface area (TPSA) is 87.7 Å². The molecule has 0 fully saturated rings. The summed E-state index contributed by atoms with van der Waals surface area (Å²) in [7, 11) is 0. The van der Waals surface area contributed by atoms with Gasteiger partial charge >= 0.3 is 6.09 Å². The normalized spacial score (nSPS) is 14.0. The number of hydrogen-bond donors (Lipinski definition) is 3. The van der Waals surface area contributed by atoms with Crippen LogP contribution in [-0.2, 0) is 9.53 Å². The van der Waals surface area contributed by atoms with Crippen molar-refractivity contribution in [2.45, 2.75) is 45.4 Å². The molecule has 21 heavy (non-hydrogen) atoms. The Morgan fingerprint density at radius 1 is 1.19 bits per heavy atom. The molecule has 0 bridgehead atoms. The molecule has 0 spiro atoms. The van der Waals surface area contributed by atoms with Gasteiger partial charge in [0.05, 0.1) is 6.10 Å². The number of anilines is 1. The number of nitrogens with one attached hydrogen (secondary N) is 2. The summed E-state index contributed by atoms with van der Waals surface area (Å²) in [5, 5.41) is 14.7. The van der Waals surface area contributed by atoms with Gasteiger partial charge in [0.15, 0.2) is 0 Å². The number of ether oxygens (including phenoxy) is 1. The number of benzene rings is 1. The minimum absolute atomic E-state index is 0.512. The van der Waals surface area contributed by atoms with Crippen molar-refractivity contribution in [1.29, 1.82) is 0 Å². The van der Waals surface area contributed by atoms with Crippen molar-refractivity contribution in [2.75, 3.05) is 5.32 Å². The Hall–Kier alpha value is -2.08. The molecule has 3 N–H and O–H groups in total. The molecule has 0 aliphatic carbocycles. The summed E-state index contributed by atoms with van der Waals surface area (Å²) in [5.41, 5.74) is -0.0948. The van der Waals surface area contributed by atoms with Crippen LogP contribution in [0.25, 0.3) is 0 Å². The zero-order valence-corrected chi connectivity index (χ0v) is 12.7. The zero-order valence-electron chi connectivity index (χ0n) is 12.7. The number of alkyl carbamates (subject to hydrolysis) is 1. The Morgan fingerprint density at radius 3 is 2.24 bits per heavy atom. The van der Waals surface area contributed by atoms with Gasteiger partial charge in [-0.1, -0.05) is 18.2 Å². The standard InChI is InChI=1S/C15H22N2O4/c1-10(18)12(17-14(20)21-15(2,3)4)13(19)16-11-8-6-5-7-9-11/h5-10,12,18H,1-4H3,(H,16,19)(H,17,20)/t10-,12+/m1/s1. The number of carbonyl (C=O) groups is 2. The first-order valence-corrected chi connectivity index (χ1v) is 6.72. The summed E-state index contributed by atoms with van der Waals surface area (Å²) in [4.78, 5) is 23.8. The van der Waals surface area contributed by atoms with Crippen LogP contribution < -0.4 is 10.6 Å². The monoisotopic (exact) mass is 294 g/mol. The lowest BCUT2D eigenvalue weighted by Crippen LogP contribution is -2.51. The average Bonchev–Trinajstić information content (AvgIpc) is 2.34. The summed E-state index contributed by atoms with van der Waals surface area (Å²) in [6, 6.07) is 7.69. The highest BCUT2D eigenvalue weighted by atomic mass is 16.6. The Bertz CT molecular complexity index is 480. The number of aliphatic hydroxyl groups excluding tert-OH is 1. The number of rotatable bonds is 4. The third-order valence-corrected chi connectivity index (χ3v) is 2.48. The van der Waals surface area contributed by atoms with Crippen molar-refractivity contribution >= 4 is 17.7 Å². The van der Waals surface area contributed by atoms with E-state index in [4.69, 9.17) is 4.74 Å². The van der Waals surface area contributed by atoms with E-state index >= 15 is 0 Å². The lowest BCUT2D eigenvalue weighted by atomic mass is 10.1. The molecule has 0 saturated heterocycles. The van der Waals surface area contributed by atoms with Gasteiger partial charge in [-0.15, -0.1) is 0 Å². The van der Waals surface area contributed by atoms with Crippen LogP contribution in [0.4, 0.5) is 10.5 Å². The first kappa shape index (κ1) is 17.0. The van der Waals surface area contributed by atoms with Crippen LogP contribution in [0.3, 0.4) is 0 Å². The highest BCUT2D eigenvalue weighted by molar-refractivity contribution is 5.96. The first-order chi connectivity index (χ1) is 9.69. The fraction of sp³-hybridized carbons (Fsp3) is 0.467. The van der Waals surface area contributed by atoms with Gasteiger partial charge in [0.25, 0.3) is 0 Å². The number of amides is 2. The molecule has 0 unspecified atom stereocenters. The van der Waals surface area contributed by atoms with E-state index in [0.29, 0.717) is 5.69 Å². The number of aliphatic hydroxyl groups is 1. The van der Waals surface area contributed by atoms with Gasteiger partial charge in [0.1, 0.15) is 11.6 Å². The molecule has 116 valence electrons. The van der Waals surface area contributed by atoms with E-state index in [1.165, 1.54) is 6.92 Å². The molecule has 0 radical (unpaired) electrons. The summed E-state index contributed by atoms with van der Waals surface area (Å²) < 4.78 is 5.08. The molecule has 6 heteroatoms. The van der Waals surface area contributed by atoms with E-state index in [1.54, 1.807) is 45.0 Å². The maximum Gasteiger partial charge on any atom is 0.408 e. The van der Waals surface area contributed by atoms with Gasteiger partial charge in [-0.05, 0) is 39.8 Å². The van der Waals surface area contributed by atoms with Gasteiger partial charge in [-0.2, -0.15) is 0 Å². The van der Waals surface area contributed by atoms with Gasteiger partial charge in [0.2, 0.25) is 5.91 Å². The van der Waals surface area contributed by atoms with Crippen LogP contribution in [0.1, 0.15) is 27.7 Å². The number of carbonyl (C=O) groups excluding carboxylic acids is 2. The molecule has 1 aromatic rings. The molecule has 2 atom stereocenters. The Balaban J connectivity index is 2.69. The minimum atomic E-state index is -1.10. The zero-order chi connectivity index (χ0) is 16.0. The molecule has 2 amide bonds. The average molecular weight is 294 g/mol. The van der Waals surface area contributed by atoms with E-state index in [-0.39, 0.29) is 0 Å². The Kier molecular flexibility index (Phi) is 5.72. The summed E-state index contributed by atoms with van der Waals surface area (Å²) in [6.45, 7) is 6.57. The van der Waals surface area contributed by atoms with E-state index in [1.807, 2.05) is 6.07 Å². The third-order valence-electron chi connectivity index (χ3n) is 2.48. The lowest BCUT2D eigenvalue weighted by Gasteiger charge is -2.24. The molecule has 0 heterocycles. The van der Waals surface area contributed by atoms with E-state index in [2.05, 4.69) is 10.6 Å². The van der Waals surface area contributed by atoms with Gasteiger partial charge in [-0.3, -0.25) is 4.79 Å². The van der Waals surface area contributed by atoms with Crippen molar-refractivity contribution < 1.29 is 19.4 Å². The van der Waals surface area contributed by atoms with Crippen LogP contribution in [0.15, 0.2) is 30.3 Å². The van der Waals surface area contributed by atoms with E-state index < -0.39 is 29.7 Å². The predicted octanol–water partition coefficient (Wildman–Crippen LogP) is 1.90. The van der Waals surface area contributed by atoms with Crippen LogP contribution >= 0.6 is 0 Å². The molecule has 1 rings (SSSR count). The highest BCUT2D eigenvalue weighted by Gasteiger charge is 2.28. The van der Waals surface area contributed by atoms with Gasteiger partial charge in [0, 0.05) is 5.69 Å². The summed E-state index contributed by atoms with van der Waals surface area (Å²) >= 11 is 0. The van der Waals surface area contributed by atoms with Crippen molar-refractivity contribution in [3.05, 3.63) is 30.3 Å². The van der Waals surface area contributed by atoms with Crippen LogP contribution in [-0.4, -0.2) is 34.9 Å². The predicted molar refractivity (Wildman–Crippen MR) is 79.9 cm³/mol. The molecule has 0 saturated carbocycles. The fourth-order valence-corrected chi connectivity index (χ4v) is 1.58. The Labute approximate surface area is 124 Å². The smallest absolute Gasteiger partial charge is 0.408 e. The molecule has 1 aromatic carbocycles. The molecule has 0 aromatic heterocycles.